The summed E-state index contributed by atoms with van der Waals surface area (Å²) in [4.78, 5) is 3.96. The number of nitrogens with zero attached hydrogens (tertiary/aromatic N) is 2. The van der Waals surface area contributed by atoms with Crippen LogP contribution in [0.4, 0.5) is 0 Å². The van der Waals surface area contributed by atoms with E-state index < -0.39 is 0 Å². The fourth-order valence-corrected chi connectivity index (χ4v) is 0.847. The maximum atomic E-state index is 5.19. The molecule has 0 aliphatic rings. The number of hydrogen-bond acceptors (Lipinski definition) is 3. The molecular weight excluding hydrogens is 184 g/mol. The monoisotopic (exact) mass is 194 g/mol. The van der Waals surface area contributed by atoms with Crippen molar-refractivity contribution >= 4 is 23.5 Å². The van der Waals surface area contributed by atoms with E-state index in [4.69, 9.17) is 5.73 Å². The van der Waals surface area contributed by atoms with Crippen molar-refractivity contribution in [1.29, 1.82) is 0 Å². The summed E-state index contributed by atoms with van der Waals surface area (Å²) in [6, 6.07) is 1.86. The minimum atomic E-state index is 0.156. The lowest BCUT2D eigenvalue weighted by molar-refractivity contribution is 1.04. The number of aryl methyl sites for hydroxylation is 1. The third-order valence-electron chi connectivity index (χ3n) is 1.44. The predicted octanol–water partition coefficient (Wildman–Crippen LogP) is 0.557. The van der Waals surface area contributed by atoms with E-state index >= 15 is 0 Å². The van der Waals surface area contributed by atoms with Crippen LogP contribution in [0.5, 0.6) is 0 Å². The zero-order valence-corrected chi connectivity index (χ0v) is 8.01. The van der Waals surface area contributed by atoms with Gasteiger partial charge in [-0.1, -0.05) is 0 Å². The summed E-state index contributed by atoms with van der Waals surface area (Å²) < 4.78 is 0. The molecule has 1 heterocycles. The van der Waals surface area contributed by atoms with Crippen LogP contribution < -0.4 is 11.2 Å². The normalized spacial score (nSPS) is 10.2. The highest BCUT2D eigenvalue weighted by molar-refractivity contribution is 7.80. The summed E-state index contributed by atoms with van der Waals surface area (Å²) in [6.45, 7) is 1.95. The molecule has 0 fully saturated rings. The Hall–Kier alpha value is -1.49. The van der Waals surface area contributed by atoms with Gasteiger partial charge < -0.3 is 5.73 Å². The molecule has 3 N–H and O–H groups in total. The van der Waals surface area contributed by atoms with Crippen molar-refractivity contribution in [2.45, 2.75) is 6.92 Å². The van der Waals surface area contributed by atoms with E-state index in [2.05, 4.69) is 27.7 Å². The summed E-state index contributed by atoms with van der Waals surface area (Å²) in [5, 5.41) is 3.99. The Morgan fingerprint density at radius 2 is 2.54 bits per heavy atom. The van der Waals surface area contributed by atoms with Crippen LogP contribution in [0.15, 0.2) is 23.6 Å². The van der Waals surface area contributed by atoms with Gasteiger partial charge >= 0.3 is 0 Å². The summed E-state index contributed by atoms with van der Waals surface area (Å²) >= 11 is 4.58. The number of hydrogen-bond donors (Lipinski definition) is 2. The quantitative estimate of drug-likeness (QED) is 0.410. The van der Waals surface area contributed by atoms with Gasteiger partial charge in [0.15, 0.2) is 5.11 Å². The fourth-order valence-electron chi connectivity index (χ4n) is 0.794. The van der Waals surface area contributed by atoms with Gasteiger partial charge in [0.2, 0.25) is 0 Å². The fraction of sp³-hybridized carbons (Fsp3) is 0.125. The molecule has 0 bridgehead atoms. The Kier molecular flexibility index (Phi) is 3.33. The molecule has 0 radical (unpaired) electrons. The average molecular weight is 194 g/mol. The van der Waals surface area contributed by atoms with E-state index in [0.717, 1.165) is 11.1 Å². The molecule has 0 aromatic carbocycles. The molecule has 4 nitrogen and oxygen atoms in total. The Bertz CT molecular complexity index is 335. The minimum Gasteiger partial charge on any atom is -0.375 e. The van der Waals surface area contributed by atoms with Gasteiger partial charge in [-0.15, -0.1) is 0 Å². The van der Waals surface area contributed by atoms with Crippen LogP contribution >= 0.6 is 12.2 Å². The van der Waals surface area contributed by atoms with Crippen LogP contribution in [0, 0.1) is 6.92 Å². The molecule has 1 aromatic heterocycles. The van der Waals surface area contributed by atoms with Crippen LogP contribution in [-0.4, -0.2) is 16.3 Å². The Labute approximate surface area is 81.9 Å². The maximum absolute atomic E-state index is 5.19. The van der Waals surface area contributed by atoms with Crippen LogP contribution in [0.1, 0.15) is 11.1 Å². The standard InChI is InChI=1S/C8H10N4S/c1-6-4-10-3-2-7(6)5-11-12-8(9)13/h2-5H,1H3,(H3,9,12,13)/b11-5-. The number of nitrogens with two attached hydrogens (primary N) is 1. The first-order chi connectivity index (χ1) is 6.20. The van der Waals surface area contributed by atoms with E-state index in [1.807, 2.05) is 13.0 Å². The summed E-state index contributed by atoms with van der Waals surface area (Å²) in [7, 11) is 0. The lowest BCUT2D eigenvalue weighted by Crippen LogP contribution is -2.24. The molecule has 0 aliphatic heterocycles. The van der Waals surface area contributed by atoms with Gasteiger partial charge in [0.1, 0.15) is 0 Å². The van der Waals surface area contributed by atoms with Gasteiger partial charge in [0.05, 0.1) is 6.21 Å². The molecular formula is C8H10N4S. The molecule has 5 heteroatoms. The van der Waals surface area contributed by atoms with Gasteiger partial charge in [0, 0.05) is 18.0 Å². The Balaban J connectivity index is 2.68. The average Bonchev–Trinajstić information content (AvgIpc) is 2.08. The lowest BCUT2D eigenvalue weighted by Gasteiger charge is -1.97. The summed E-state index contributed by atoms with van der Waals surface area (Å²) in [5.74, 6) is 0. The van der Waals surface area contributed by atoms with Crippen molar-refractivity contribution in [3.8, 4) is 0 Å². The van der Waals surface area contributed by atoms with Crippen molar-refractivity contribution in [3.05, 3.63) is 29.6 Å². The van der Waals surface area contributed by atoms with Crippen LogP contribution in [-0.2, 0) is 0 Å². The second-order valence-electron chi connectivity index (χ2n) is 2.47. The van der Waals surface area contributed by atoms with E-state index in [1.165, 1.54) is 0 Å². The first kappa shape index (κ1) is 9.60. The molecule has 0 spiro atoms. The van der Waals surface area contributed by atoms with Crippen molar-refractivity contribution in [1.82, 2.24) is 10.4 Å². The molecule has 0 saturated carbocycles. The van der Waals surface area contributed by atoms with Gasteiger partial charge in [-0.05, 0) is 30.8 Å². The maximum Gasteiger partial charge on any atom is 0.184 e. The smallest absolute Gasteiger partial charge is 0.184 e. The van der Waals surface area contributed by atoms with Gasteiger partial charge in [0.25, 0.3) is 0 Å². The highest BCUT2D eigenvalue weighted by Gasteiger charge is 1.91. The molecule has 68 valence electrons. The summed E-state index contributed by atoms with van der Waals surface area (Å²) in [5.41, 5.74) is 9.71. The molecule has 0 atom stereocenters. The van der Waals surface area contributed by atoms with E-state index in [1.54, 1.807) is 18.6 Å². The summed E-state index contributed by atoms with van der Waals surface area (Å²) in [6.07, 6.45) is 5.12. The lowest BCUT2D eigenvalue weighted by atomic mass is 10.2. The first-order valence-corrected chi connectivity index (χ1v) is 4.10. The number of pyridine rings is 1. The zero-order chi connectivity index (χ0) is 9.68. The number of rotatable bonds is 2. The Morgan fingerprint density at radius 3 is 3.15 bits per heavy atom. The van der Waals surface area contributed by atoms with Gasteiger partial charge in [-0.3, -0.25) is 10.4 Å². The molecule has 0 amide bonds. The van der Waals surface area contributed by atoms with E-state index in [9.17, 15) is 0 Å². The number of thiocarbonyl (C=S) groups is 1. The van der Waals surface area contributed by atoms with Crippen molar-refractivity contribution in [2.24, 2.45) is 10.8 Å². The largest absolute Gasteiger partial charge is 0.375 e. The third-order valence-corrected chi connectivity index (χ3v) is 1.53. The number of aromatic nitrogens is 1. The van der Waals surface area contributed by atoms with Crippen molar-refractivity contribution in [3.63, 3.8) is 0 Å². The predicted molar refractivity (Wildman–Crippen MR) is 56.5 cm³/mol. The molecule has 13 heavy (non-hydrogen) atoms. The van der Waals surface area contributed by atoms with Gasteiger partial charge in [-0.25, -0.2) is 0 Å². The molecule has 1 aromatic rings. The second kappa shape index (κ2) is 4.51. The number of hydrazone groups is 1. The molecule has 0 unspecified atom stereocenters. The Morgan fingerprint density at radius 1 is 1.77 bits per heavy atom. The van der Waals surface area contributed by atoms with Crippen LogP contribution in [0.2, 0.25) is 0 Å². The van der Waals surface area contributed by atoms with Gasteiger partial charge in [-0.2, -0.15) is 5.10 Å². The molecule has 1 rings (SSSR count). The molecule has 0 aliphatic carbocycles. The first-order valence-electron chi connectivity index (χ1n) is 3.69. The van der Waals surface area contributed by atoms with E-state index in [-0.39, 0.29) is 5.11 Å². The van der Waals surface area contributed by atoms with Crippen molar-refractivity contribution < 1.29 is 0 Å². The van der Waals surface area contributed by atoms with Crippen LogP contribution in [0.25, 0.3) is 0 Å². The SMILES string of the molecule is Cc1cnccc1/C=N\NC(N)=S. The molecule has 0 saturated heterocycles. The van der Waals surface area contributed by atoms with Crippen molar-refractivity contribution in [2.75, 3.05) is 0 Å². The highest BCUT2D eigenvalue weighted by Crippen LogP contribution is 2.00. The second-order valence-corrected chi connectivity index (χ2v) is 2.91. The highest BCUT2D eigenvalue weighted by atomic mass is 32.1. The minimum absolute atomic E-state index is 0.156. The third kappa shape index (κ3) is 3.16. The van der Waals surface area contributed by atoms with Crippen LogP contribution in [0.3, 0.4) is 0 Å². The topological polar surface area (TPSA) is 63.3 Å². The number of nitrogens with one attached hydrogen (secondary N) is 1. The zero-order valence-electron chi connectivity index (χ0n) is 7.19. The van der Waals surface area contributed by atoms with E-state index in [0.29, 0.717) is 0 Å².